The van der Waals surface area contributed by atoms with Crippen LogP contribution >= 0.6 is 0 Å². The fourth-order valence-electron chi connectivity index (χ4n) is 4.34. The maximum absolute atomic E-state index is 13.3. The molecule has 164 valence electrons. The molecule has 1 heterocycles. The summed E-state index contributed by atoms with van der Waals surface area (Å²) in [6.45, 7) is 3.28. The Morgan fingerprint density at radius 1 is 0.969 bits per heavy atom. The fraction of sp³-hybridized carbons (Fsp3) is 0.259. The topological polar surface area (TPSA) is 58.6 Å². The first-order chi connectivity index (χ1) is 15.6. The highest BCUT2D eigenvalue weighted by Crippen LogP contribution is 2.35. The van der Waals surface area contributed by atoms with Gasteiger partial charge in [-0.15, -0.1) is 0 Å². The molecular formula is C27H28N2O3. The maximum atomic E-state index is 13.3. The van der Waals surface area contributed by atoms with E-state index >= 15 is 0 Å². The van der Waals surface area contributed by atoms with Crippen LogP contribution < -0.4 is 10.1 Å². The molecule has 0 aromatic heterocycles. The number of carbonyl (C=O) groups excluding carboxylic acids is 2. The van der Waals surface area contributed by atoms with Crippen molar-refractivity contribution < 1.29 is 14.3 Å². The number of benzene rings is 3. The Morgan fingerprint density at radius 3 is 2.47 bits per heavy atom. The van der Waals surface area contributed by atoms with E-state index in [-0.39, 0.29) is 23.7 Å². The number of methoxy groups -OCH3 is 1. The van der Waals surface area contributed by atoms with Crippen LogP contribution in [0.3, 0.4) is 0 Å². The first-order valence-electron chi connectivity index (χ1n) is 10.9. The number of amides is 2. The minimum absolute atomic E-state index is 0.0330. The molecule has 0 bridgehead atoms. The number of nitrogens with zero attached hydrogens (tertiary/aromatic N) is 1. The standard InChI is InChI=1S/C27H28N2O3/c1-19-9-6-7-14-23(19)27(31)29-17-24(21-12-8-13-22(15-21)32-2)25(18-29)26(30)28-16-20-10-4-3-5-11-20/h3-15,24-25H,16-18H2,1-2H3,(H,28,30)/t24-,25+/m0/s1. The van der Waals surface area contributed by atoms with Crippen molar-refractivity contribution in [2.75, 3.05) is 20.2 Å². The minimum atomic E-state index is -0.334. The molecule has 0 saturated carbocycles. The summed E-state index contributed by atoms with van der Waals surface area (Å²) in [6.07, 6.45) is 0. The van der Waals surface area contributed by atoms with E-state index in [1.165, 1.54) is 0 Å². The van der Waals surface area contributed by atoms with Crippen molar-refractivity contribution in [3.8, 4) is 5.75 Å². The van der Waals surface area contributed by atoms with Crippen LogP contribution in [0.1, 0.15) is 33.0 Å². The third-order valence-electron chi connectivity index (χ3n) is 6.15. The average molecular weight is 429 g/mol. The van der Waals surface area contributed by atoms with Crippen LogP contribution in [-0.2, 0) is 11.3 Å². The fourth-order valence-corrected chi connectivity index (χ4v) is 4.34. The number of carbonyl (C=O) groups is 2. The molecule has 0 unspecified atom stereocenters. The Bertz CT molecular complexity index is 1100. The number of nitrogens with one attached hydrogen (secondary N) is 1. The Morgan fingerprint density at radius 2 is 1.72 bits per heavy atom. The largest absolute Gasteiger partial charge is 0.497 e. The first kappa shape index (κ1) is 21.6. The smallest absolute Gasteiger partial charge is 0.254 e. The van der Waals surface area contributed by atoms with Gasteiger partial charge in [-0.2, -0.15) is 0 Å². The molecule has 3 aromatic rings. The zero-order valence-electron chi connectivity index (χ0n) is 18.5. The SMILES string of the molecule is COc1cccc([C@@H]2CN(C(=O)c3ccccc3C)C[C@H]2C(=O)NCc2ccccc2)c1. The van der Waals surface area contributed by atoms with Gasteiger partial charge >= 0.3 is 0 Å². The van der Waals surface area contributed by atoms with Crippen molar-refractivity contribution >= 4 is 11.8 Å². The Balaban J connectivity index is 1.58. The number of ether oxygens (including phenoxy) is 1. The van der Waals surface area contributed by atoms with Crippen molar-refractivity contribution in [2.24, 2.45) is 5.92 Å². The predicted octanol–water partition coefficient (Wildman–Crippen LogP) is 4.18. The lowest BCUT2D eigenvalue weighted by Crippen LogP contribution is -2.35. The van der Waals surface area contributed by atoms with E-state index in [9.17, 15) is 9.59 Å². The summed E-state index contributed by atoms with van der Waals surface area (Å²) in [5.74, 6) is 0.235. The predicted molar refractivity (Wildman–Crippen MR) is 125 cm³/mol. The van der Waals surface area contributed by atoms with Gasteiger partial charge in [0.25, 0.3) is 5.91 Å². The van der Waals surface area contributed by atoms with Gasteiger partial charge in [0.15, 0.2) is 0 Å². The summed E-state index contributed by atoms with van der Waals surface area (Å²) in [4.78, 5) is 28.3. The highest BCUT2D eigenvalue weighted by molar-refractivity contribution is 5.96. The highest BCUT2D eigenvalue weighted by Gasteiger charge is 2.40. The Hall–Kier alpha value is -3.60. The zero-order chi connectivity index (χ0) is 22.5. The molecule has 3 aromatic carbocycles. The molecule has 4 rings (SSSR count). The number of hydrogen-bond donors (Lipinski definition) is 1. The normalized spacial score (nSPS) is 17.8. The van der Waals surface area contributed by atoms with Gasteiger partial charge < -0.3 is 15.0 Å². The van der Waals surface area contributed by atoms with Crippen LogP contribution in [0.5, 0.6) is 5.75 Å². The van der Waals surface area contributed by atoms with Gasteiger partial charge in [0.2, 0.25) is 5.91 Å². The number of likely N-dealkylation sites (tertiary alicyclic amines) is 1. The van der Waals surface area contributed by atoms with Gasteiger partial charge in [-0.1, -0.05) is 60.7 Å². The third-order valence-corrected chi connectivity index (χ3v) is 6.15. The molecule has 0 aliphatic carbocycles. The molecule has 0 radical (unpaired) electrons. The van der Waals surface area contributed by atoms with E-state index in [1.807, 2.05) is 85.8 Å². The van der Waals surface area contributed by atoms with Gasteiger partial charge in [-0.25, -0.2) is 0 Å². The van der Waals surface area contributed by atoms with Crippen LogP contribution in [0, 0.1) is 12.8 Å². The number of aryl methyl sites for hydroxylation is 1. The second-order valence-electron chi connectivity index (χ2n) is 8.22. The summed E-state index contributed by atoms with van der Waals surface area (Å²) < 4.78 is 5.39. The molecule has 32 heavy (non-hydrogen) atoms. The summed E-state index contributed by atoms with van der Waals surface area (Å²) in [5, 5.41) is 3.07. The first-order valence-corrected chi connectivity index (χ1v) is 10.9. The zero-order valence-corrected chi connectivity index (χ0v) is 18.5. The van der Waals surface area contributed by atoms with Crippen molar-refractivity contribution in [1.82, 2.24) is 10.2 Å². The lowest BCUT2D eigenvalue weighted by molar-refractivity contribution is -0.125. The molecular weight excluding hydrogens is 400 g/mol. The molecule has 2 amide bonds. The van der Waals surface area contributed by atoms with Crippen LogP contribution in [-0.4, -0.2) is 36.9 Å². The second kappa shape index (κ2) is 9.69. The van der Waals surface area contributed by atoms with E-state index in [0.29, 0.717) is 25.2 Å². The number of hydrogen-bond acceptors (Lipinski definition) is 3. The molecule has 1 N–H and O–H groups in total. The van der Waals surface area contributed by atoms with Gasteiger partial charge in [0, 0.05) is 31.1 Å². The molecule has 0 spiro atoms. The molecule has 1 saturated heterocycles. The van der Waals surface area contributed by atoms with Crippen molar-refractivity contribution in [1.29, 1.82) is 0 Å². The molecule has 1 aliphatic heterocycles. The van der Waals surface area contributed by atoms with Crippen LogP contribution in [0.25, 0.3) is 0 Å². The van der Waals surface area contributed by atoms with Crippen LogP contribution in [0.4, 0.5) is 0 Å². The lowest BCUT2D eigenvalue weighted by atomic mass is 9.88. The molecule has 5 nitrogen and oxygen atoms in total. The van der Waals surface area contributed by atoms with E-state index in [4.69, 9.17) is 4.74 Å². The van der Waals surface area contributed by atoms with Gasteiger partial charge in [0.05, 0.1) is 13.0 Å². The van der Waals surface area contributed by atoms with Gasteiger partial charge in [-0.05, 0) is 41.8 Å². The van der Waals surface area contributed by atoms with Crippen LogP contribution in [0.15, 0.2) is 78.9 Å². The lowest BCUT2D eigenvalue weighted by Gasteiger charge is -2.19. The monoisotopic (exact) mass is 428 g/mol. The Labute approximate surface area is 189 Å². The summed E-state index contributed by atoms with van der Waals surface area (Å²) in [7, 11) is 1.63. The summed E-state index contributed by atoms with van der Waals surface area (Å²) >= 11 is 0. The van der Waals surface area contributed by atoms with Crippen molar-refractivity contribution in [3.05, 3.63) is 101 Å². The Kier molecular flexibility index (Phi) is 6.55. The molecule has 1 fully saturated rings. The van der Waals surface area contributed by atoms with Crippen LogP contribution in [0.2, 0.25) is 0 Å². The van der Waals surface area contributed by atoms with Gasteiger partial charge in [-0.3, -0.25) is 9.59 Å². The molecule has 1 aliphatic rings. The summed E-state index contributed by atoms with van der Waals surface area (Å²) in [6, 6.07) is 25.2. The third kappa shape index (κ3) is 4.67. The summed E-state index contributed by atoms with van der Waals surface area (Å²) in [5.41, 5.74) is 3.67. The molecule has 2 atom stereocenters. The maximum Gasteiger partial charge on any atom is 0.254 e. The average Bonchev–Trinajstić information content (AvgIpc) is 3.29. The van der Waals surface area contributed by atoms with Crippen molar-refractivity contribution in [2.45, 2.75) is 19.4 Å². The van der Waals surface area contributed by atoms with Crippen molar-refractivity contribution in [3.63, 3.8) is 0 Å². The minimum Gasteiger partial charge on any atom is -0.497 e. The molecule has 5 heteroatoms. The highest BCUT2D eigenvalue weighted by atomic mass is 16.5. The quantitative estimate of drug-likeness (QED) is 0.641. The van der Waals surface area contributed by atoms with E-state index in [2.05, 4.69) is 5.32 Å². The van der Waals surface area contributed by atoms with E-state index in [1.54, 1.807) is 12.0 Å². The second-order valence-corrected chi connectivity index (χ2v) is 8.22. The van der Waals surface area contributed by atoms with E-state index in [0.717, 1.165) is 22.4 Å². The van der Waals surface area contributed by atoms with Gasteiger partial charge in [0.1, 0.15) is 5.75 Å². The van der Waals surface area contributed by atoms with E-state index < -0.39 is 0 Å². The number of rotatable bonds is 6.